The van der Waals surface area contributed by atoms with Crippen LogP contribution in [0, 0.1) is 0 Å². The van der Waals surface area contributed by atoms with Crippen molar-refractivity contribution in [3.63, 3.8) is 0 Å². The summed E-state index contributed by atoms with van der Waals surface area (Å²) >= 11 is 0. The Morgan fingerprint density at radius 3 is 1.20 bits per heavy atom. The van der Waals surface area contributed by atoms with Gasteiger partial charge in [-0.3, -0.25) is 18.2 Å². The summed E-state index contributed by atoms with van der Waals surface area (Å²) < 4.78 is 133. The second-order valence-corrected chi connectivity index (χ2v) is 18.6. The number of hydrogen-bond acceptors (Lipinski definition) is 19. The molecule has 0 unspecified atom stereocenters. The molecule has 0 saturated carbocycles. The average molecular weight is 965 g/mol. The number of rotatable bonds is 14. The molecule has 0 aliphatic carbocycles. The Morgan fingerprint density at radius 2 is 0.738 bits per heavy atom. The lowest BCUT2D eigenvalue weighted by atomic mass is 10.1. The van der Waals surface area contributed by atoms with Crippen LogP contribution >= 0.6 is 0 Å². The quantitative estimate of drug-likeness (QED) is 0.0303. The van der Waals surface area contributed by atoms with Crippen LogP contribution < -0.4 is 0 Å². The molecule has 0 spiro atoms. The molecule has 6 aromatic rings. The van der Waals surface area contributed by atoms with Gasteiger partial charge < -0.3 is 15.3 Å². The molecule has 0 saturated heterocycles. The Hall–Kier alpha value is -7.50. The summed E-state index contributed by atoms with van der Waals surface area (Å²) in [6.07, 6.45) is 2.23. The minimum atomic E-state index is -5.00. The Balaban J connectivity index is 1.20. The summed E-state index contributed by atoms with van der Waals surface area (Å²) in [5.41, 5.74) is -0.994. The molecular weight excluding hydrogens is 937 g/mol. The Labute approximate surface area is 367 Å². The fourth-order valence-corrected chi connectivity index (χ4v) is 7.66. The molecule has 334 valence electrons. The standard InChI is InChI=1S/C38H28N8O15S4/c47-33-17-15-30(63(53,54)55)21-32(33)45-44-31-16-18-34(48)37(38(31)49)46-43-28-6-4-23(36(20-28)65(59,60)61)2-1-22-3-5-27(19-35(22)64(56,57)58)42-41-25-9-7-24(8-10-25)39-40-26-11-13-29(14-12-26)62(50,51)52/h1-21,47-49H,(H,50,51,52)(H,53,54,55)(H,56,57,58)(H,59,60,61). The van der Waals surface area contributed by atoms with E-state index in [0.717, 1.165) is 72.8 Å². The van der Waals surface area contributed by atoms with Crippen LogP contribution in [0.2, 0.25) is 0 Å². The first-order chi connectivity index (χ1) is 30.5. The Kier molecular flexibility index (Phi) is 13.5. The molecule has 0 heterocycles. The molecule has 0 bridgehead atoms. The molecule has 65 heavy (non-hydrogen) atoms. The molecule has 27 heteroatoms. The first-order valence-corrected chi connectivity index (χ1v) is 23.3. The largest absolute Gasteiger partial charge is 0.506 e. The first kappa shape index (κ1) is 47.0. The minimum Gasteiger partial charge on any atom is -0.506 e. The summed E-state index contributed by atoms with van der Waals surface area (Å²) in [6.45, 7) is 0. The van der Waals surface area contributed by atoms with Gasteiger partial charge in [0.15, 0.2) is 11.4 Å². The van der Waals surface area contributed by atoms with E-state index in [9.17, 15) is 62.6 Å². The number of phenolic OH excluding ortho intramolecular Hbond substituents is 3. The molecular formula is C38H28N8O15S4. The zero-order valence-corrected chi connectivity index (χ0v) is 35.5. The van der Waals surface area contributed by atoms with Crippen LogP contribution in [0.1, 0.15) is 11.1 Å². The fourth-order valence-electron chi connectivity index (χ4n) is 5.27. The second kappa shape index (κ2) is 18.7. The lowest BCUT2D eigenvalue weighted by Gasteiger charge is -2.07. The van der Waals surface area contributed by atoms with Crippen LogP contribution in [-0.2, 0) is 40.5 Å². The number of azo groups is 4. The summed E-state index contributed by atoms with van der Waals surface area (Å²) in [7, 11) is -19.0. The maximum absolute atomic E-state index is 12.4. The number of phenols is 3. The van der Waals surface area contributed by atoms with Crippen molar-refractivity contribution in [2.24, 2.45) is 40.9 Å². The fraction of sp³-hybridized carbons (Fsp3) is 0. The third-order valence-electron chi connectivity index (χ3n) is 8.42. The number of benzene rings is 6. The van der Waals surface area contributed by atoms with E-state index in [1.165, 1.54) is 54.6 Å². The number of aromatic hydroxyl groups is 3. The van der Waals surface area contributed by atoms with Crippen molar-refractivity contribution in [3.05, 3.63) is 126 Å². The lowest BCUT2D eigenvalue weighted by Crippen LogP contribution is -2.01. The molecule has 0 aliphatic rings. The van der Waals surface area contributed by atoms with Gasteiger partial charge in [0.1, 0.15) is 32.7 Å². The summed E-state index contributed by atoms with van der Waals surface area (Å²) in [5, 5.41) is 62.1. The summed E-state index contributed by atoms with van der Waals surface area (Å²) in [4.78, 5) is -2.31. The Morgan fingerprint density at radius 1 is 0.354 bits per heavy atom. The molecule has 0 aliphatic heterocycles. The molecule has 0 fully saturated rings. The van der Waals surface area contributed by atoms with Gasteiger partial charge in [-0.2, -0.15) is 59.2 Å². The third-order valence-corrected chi connectivity index (χ3v) is 12.0. The van der Waals surface area contributed by atoms with E-state index >= 15 is 0 Å². The molecule has 6 rings (SSSR count). The highest BCUT2D eigenvalue weighted by atomic mass is 32.2. The van der Waals surface area contributed by atoms with Crippen molar-refractivity contribution in [2.75, 3.05) is 0 Å². The molecule has 0 radical (unpaired) electrons. The van der Waals surface area contributed by atoms with Crippen molar-refractivity contribution in [3.8, 4) is 17.2 Å². The highest BCUT2D eigenvalue weighted by Crippen LogP contribution is 2.45. The molecule has 0 aromatic heterocycles. The average Bonchev–Trinajstić information content (AvgIpc) is 3.24. The SMILES string of the molecule is O=S(=O)(O)c1ccc(N=Nc2ccc(N=Nc3ccc(C=Cc4ccc(N=Nc5c(O)ccc(N=Nc6cc(S(=O)(=O)O)ccc6O)c5O)cc4S(=O)(=O)O)c(S(=O)(=O)O)c3)cc2)cc1. The van der Waals surface area contributed by atoms with E-state index in [4.69, 9.17) is 4.55 Å². The van der Waals surface area contributed by atoms with Crippen LogP contribution in [0.25, 0.3) is 12.2 Å². The second-order valence-electron chi connectivity index (χ2n) is 12.9. The zero-order valence-electron chi connectivity index (χ0n) is 32.2. The highest BCUT2D eigenvalue weighted by molar-refractivity contribution is 7.86. The van der Waals surface area contributed by atoms with Gasteiger partial charge in [0.2, 0.25) is 0 Å². The molecule has 7 N–H and O–H groups in total. The molecule has 23 nitrogen and oxygen atoms in total. The van der Waals surface area contributed by atoms with E-state index in [0.29, 0.717) is 17.1 Å². The van der Waals surface area contributed by atoms with Crippen molar-refractivity contribution < 1.29 is 67.2 Å². The van der Waals surface area contributed by atoms with E-state index < -0.39 is 83.8 Å². The normalized spacial score (nSPS) is 13.0. The lowest BCUT2D eigenvalue weighted by molar-refractivity contribution is 0.453. The van der Waals surface area contributed by atoms with Gasteiger partial charge >= 0.3 is 0 Å². The third kappa shape index (κ3) is 12.2. The molecule has 0 amide bonds. The van der Waals surface area contributed by atoms with Crippen molar-refractivity contribution in [2.45, 2.75) is 19.6 Å². The number of hydrogen-bond donors (Lipinski definition) is 7. The van der Waals surface area contributed by atoms with Crippen molar-refractivity contribution >= 4 is 98.1 Å². The van der Waals surface area contributed by atoms with Crippen LogP contribution in [0.5, 0.6) is 17.2 Å². The van der Waals surface area contributed by atoms with E-state index in [1.54, 1.807) is 0 Å². The highest BCUT2D eigenvalue weighted by Gasteiger charge is 2.19. The monoisotopic (exact) mass is 964 g/mol. The zero-order chi connectivity index (χ0) is 47.3. The van der Waals surface area contributed by atoms with E-state index in [-0.39, 0.29) is 33.1 Å². The summed E-state index contributed by atoms with van der Waals surface area (Å²) in [6, 6.07) is 22.6. The predicted octanol–water partition coefficient (Wildman–Crippen LogP) is 9.62. The van der Waals surface area contributed by atoms with Crippen molar-refractivity contribution in [1.29, 1.82) is 0 Å². The smallest absolute Gasteiger partial charge is 0.295 e. The first-order valence-electron chi connectivity index (χ1n) is 17.6. The minimum absolute atomic E-state index is 0.0179. The van der Waals surface area contributed by atoms with Crippen LogP contribution in [0.15, 0.2) is 176 Å². The maximum atomic E-state index is 12.4. The van der Waals surface area contributed by atoms with Crippen LogP contribution in [0.4, 0.5) is 45.5 Å². The van der Waals surface area contributed by atoms with Crippen molar-refractivity contribution in [1.82, 2.24) is 0 Å². The van der Waals surface area contributed by atoms with Gasteiger partial charge in [0.25, 0.3) is 40.5 Å². The Bertz CT molecular complexity index is 3460. The maximum Gasteiger partial charge on any atom is 0.295 e. The molecule has 0 atom stereocenters. The van der Waals surface area contributed by atoms with Gasteiger partial charge in [-0.25, -0.2) is 0 Å². The van der Waals surface area contributed by atoms with Gasteiger partial charge in [-0.1, -0.05) is 24.3 Å². The predicted molar refractivity (Wildman–Crippen MR) is 229 cm³/mol. The van der Waals surface area contributed by atoms with E-state index in [1.807, 2.05) is 0 Å². The van der Waals surface area contributed by atoms with Crippen LogP contribution in [0.3, 0.4) is 0 Å². The van der Waals surface area contributed by atoms with Gasteiger partial charge in [-0.15, -0.1) is 15.3 Å². The number of nitrogens with zero attached hydrogens (tertiary/aromatic N) is 8. The van der Waals surface area contributed by atoms with Gasteiger partial charge in [0.05, 0.1) is 38.2 Å². The van der Waals surface area contributed by atoms with Crippen LogP contribution in [-0.4, -0.2) is 67.2 Å². The van der Waals surface area contributed by atoms with E-state index in [2.05, 4.69) is 40.9 Å². The van der Waals surface area contributed by atoms with Gasteiger partial charge in [-0.05, 0) is 114 Å². The van der Waals surface area contributed by atoms with Gasteiger partial charge in [0, 0.05) is 0 Å². The topological polar surface area (TPSA) is 377 Å². The molecule has 6 aromatic carbocycles. The summed E-state index contributed by atoms with van der Waals surface area (Å²) in [5.74, 6) is -2.00.